The third kappa shape index (κ3) is 4.48. The summed E-state index contributed by atoms with van der Waals surface area (Å²) < 4.78 is 4.65. The largest absolute Gasteiger partial charge is 0.294 e. The summed E-state index contributed by atoms with van der Waals surface area (Å²) in [4.78, 5) is 20.4. The van der Waals surface area contributed by atoms with Gasteiger partial charge in [-0.3, -0.25) is 4.57 Å². The highest BCUT2D eigenvalue weighted by Crippen LogP contribution is 2.42. The van der Waals surface area contributed by atoms with E-state index in [1.807, 2.05) is 12.3 Å². The van der Waals surface area contributed by atoms with Crippen LogP contribution in [0.4, 0.5) is 0 Å². The summed E-state index contributed by atoms with van der Waals surface area (Å²) in [5.74, 6) is 1.96. The number of rotatable bonds is 4. The van der Waals surface area contributed by atoms with E-state index in [2.05, 4.69) is 156 Å². The molecule has 11 aromatic rings. The van der Waals surface area contributed by atoms with Crippen molar-refractivity contribution in [3.8, 4) is 39.9 Å². The molecule has 6 heteroatoms. The van der Waals surface area contributed by atoms with Crippen molar-refractivity contribution >= 4 is 75.0 Å². The number of para-hydroxylation sites is 1. The van der Waals surface area contributed by atoms with E-state index in [9.17, 15) is 0 Å². The van der Waals surface area contributed by atoms with Gasteiger partial charge in [0.2, 0.25) is 0 Å². The zero-order valence-corrected chi connectivity index (χ0v) is 28.5. The van der Waals surface area contributed by atoms with Crippen molar-refractivity contribution in [2.45, 2.75) is 0 Å². The maximum absolute atomic E-state index is 5.24. The smallest absolute Gasteiger partial charge is 0.164 e. The molecular formula is C46H27N5S. The number of hydrogen-bond acceptors (Lipinski definition) is 5. The van der Waals surface area contributed by atoms with Gasteiger partial charge in [-0.05, 0) is 64.0 Å². The summed E-state index contributed by atoms with van der Waals surface area (Å²) in [6, 6.07) is 55.4. The second-order valence-electron chi connectivity index (χ2n) is 13.1. The van der Waals surface area contributed by atoms with Gasteiger partial charge in [0.1, 0.15) is 5.65 Å². The second-order valence-corrected chi connectivity index (χ2v) is 14.2. The van der Waals surface area contributed by atoms with E-state index in [0.29, 0.717) is 17.5 Å². The average molecular weight is 682 g/mol. The third-order valence-corrected chi connectivity index (χ3v) is 11.2. The predicted octanol–water partition coefficient (Wildman–Crippen LogP) is 12.0. The maximum atomic E-state index is 5.24. The van der Waals surface area contributed by atoms with Crippen LogP contribution >= 0.6 is 11.3 Å². The highest BCUT2D eigenvalue weighted by atomic mass is 32.1. The molecule has 4 aromatic heterocycles. The summed E-state index contributed by atoms with van der Waals surface area (Å²) in [7, 11) is 0. The molecule has 52 heavy (non-hydrogen) atoms. The molecule has 4 heterocycles. The van der Waals surface area contributed by atoms with E-state index < -0.39 is 0 Å². The number of thiophene rings is 1. The first-order valence-corrected chi connectivity index (χ1v) is 18.1. The first kappa shape index (κ1) is 29.0. The Balaban J connectivity index is 1.14. The Morgan fingerprint density at radius 2 is 1.15 bits per heavy atom. The molecular weight excluding hydrogens is 655 g/mol. The molecule has 0 radical (unpaired) electrons. The fraction of sp³-hybridized carbons (Fsp3) is 0. The van der Waals surface area contributed by atoms with Crippen molar-refractivity contribution in [1.29, 1.82) is 0 Å². The predicted molar refractivity (Wildman–Crippen MR) is 216 cm³/mol. The van der Waals surface area contributed by atoms with Gasteiger partial charge in [-0.25, -0.2) is 19.9 Å². The lowest BCUT2D eigenvalue weighted by molar-refractivity contribution is 1.08. The van der Waals surface area contributed by atoms with E-state index >= 15 is 0 Å². The van der Waals surface area contributed by atoms with E-state index in [-0.39, 0.29) is 0 Å². The van der Waals surface area contributed by atoms with Gasteiger partial charge in [0.05, 0.1) is 5.52 Å². The van der Waals surface area contributed by atoms with Crippen molar-refractivity contribution in [1.82, 2.24) is 24.5 Å². The quantitative estimate of drug-likeness (QED) is 0.185. The molecule has 0 spiro atoms. The highest BCUT2D eigenvalue weighted by molar-refractivity contribution is 7.26. The van der Waals surface area contributed by atoms with Crippen LogP contribution < -0.4 is 0 Å². The topological polar surface area (TPSA) is 56.5 Å². The van der Waals surface area contributed by atoms with Crippen LogP contribution in [-0.2, 0) is 0 Å². The third-order valence-electron chi connectivity index (χ3n) is 10.1. The van der Waals surface area contributed by atoms with Crippen molar-refractivity contribution in [2.75, 3.05) is 0 Å². The fourth-order valence-corrected chi connectivity index (χ4v) is 8.86. The Bertz CT molecular complexity index is 3150. The molecule has 0 amide bonds. The lowest BCUT2D eigenvalue weighted by Crippen LogP contribution is -2.01. The monoisotopic (exact) mass is 681 g/mol. The molecule has 5 nitrogen and oxygen atoms in total. The molecule has 0 bridgehead atoms. The molecule has 0 unspecified atom stereocenters. The first-order valence-electron chi connectivity index (χ1n) is 17.3. The van der Waals surface area contributed by atoms with Crippen LogP contribution in [-0.4, -0.2) is 24.5 Å². The van der Waals surface area contributed by atoms with Gasteiger partial charge in [-0.2, -0.15) is 0 Å². The molecule has 11 rings (SSSR count). The van der Waals surface area contributed by atoms with Gasteiger partial charge in [0, 0.05) is 59.5 Å². The molecule has 0 fully saturated rings. The van der Waals surface area contributed by atoms with E-state index in [4.69, 9.17) is 19.9 Å². The van der Waals surface area contributed by atoms with Crippen molar-refractivity contribution in [3.05, 3.63) is 164 Å². The van der Waals surface area contributed by atoms with Gasteiger partial charge < -0.3 is 0 Å². The van der Waals surface area contributed by atoms with Gasteiger partial charge in [0.25, 0.3) is 0 Å². The standard InChI is InChI=1S/C46H27N5S/c1-2-12-30-26-31(22-21-28(30)10-1)43-48-44(35-16-7-13-29-11-3-4-14-33(29)35)50-45(49-43)38-17-8-20-40-42(38)37-24-23-32(27-41(37)52-40)51-39-19-6-5-15-34(39)36-18-9-25-47-46(36)51/h1-27H. The molecule has 0 aliphatic heterocycles. The van der Waals surface area contributed by atoms with Gasteiger partial charge in [-0.15, -0.1) is 11.3 Å². The Kier molecular flexibility index (Phi) is 6.35. The Hall–Kier alpha value is -6.76. The van der Waals surface area contributed by atoms with Crippen LogP contribution in [0.15, 0.2) is 164 Å². The molecule has 0 aliphatic carbocycles. The van der Waals surface area contributed by atoms with Crippen LogP contribution in [0.25, 0.3) is 104 Å². The molecule has 0 saturated heterocycles. The van der Waals surface area contributed by atoms with Crippen LogP contribution in [0.2, 0.25) is 0 Å². The SMILES string of the molecule is c1ccc2cc(-c3nc(-c4cccc5ccccc45)nc(-c4cccc5sc6cc(-n7c8ccccc8c8cccnc87)ccc6c45)n3)ccc2c1. The Morgan fingerprint density at radius 1 is 0.442 bits per heavy atom. The normalized spacial score (nSPS) is 11.8. The summed E-state index contributed by atoms with van der Waals surface area (Å²) >= 11 is 1.79. The summed E-state index contributed by atoms with van der Waals surface area (Å²) in [5.41, 5.74) is 6.11. The van der Waals surface area contributed by atoms with Gasteiger partial charge in [-0.1, -0.05) is 115 Å². The zero-order chi connectivity index (χ0) is 34.2. The van der Waals surface area contributed by atoms with Gasteiger partial charge in [0.15, 0.2) is 17.5 Å². The summed E-state index contributed by atoms with van der Waals surface area (Å²) in [6.45, 7) is 0. The minimum Gasteiger partial charge on any atom is -0.294 e. The van der Waals surface area contributed by atoms with E-state index in [0.717, 1.165) is 60.5 Å². The lowest BCUT2D eigenvalue weighted by Gasteiger charge is -2.11. The Morgan fingerprint density at radius 3 is 2.08 bits per heavy atom. The zero-order valence-electron chi connectivity index (χ0n) is 27.7. The number of pyridine rings is 1. The van der Waals surface area contributed by atoms with Gasteiger partial charge >= 0.3 is 0 Å². The molecule has 7 aromatic carbocycles. The lowest BCUT2D eigenvalue weighted by atomic mass is 10.0. The molecule has 0 N–H and O–H groups in total. The molecule has 0 saturated carbocycles. The summed E-state index contributed by atoms with van der Waals surface area (Å²) in [5, 5.41) is 9.25. The first-order chi connectivity index (χ1) is 25.8. The minimum atomic E-state index is 0.649. The fourth-order valence-electron chi connectivity index (χ4n) is 7.69. The summed E-state index contributed by atoms with van der Waals surface area (Å²) in [6.07, 6.45) is 1.87. The van der Waals surface area contributed by atoms with Crippen LogP contribution in [0.5, 0.6) is 0 Å². The number of fused-ring (bicyclic) bond motifs is 8. The number of benzene rings is 7. The van der Waals surface area contributed by atoms with Crippen molar-refractivity contribution in [3.63, 3.8) is 0 Å². The average Bonchev–Trinajstić information content (AvgIpc) is 3.76. The van der Waals surface area contributed by atoms with Crippen molar-refractivity contribution < 1.29 is 0 Å². The number of hydrogen-bond donors (Lipinski definition) is 0. The number of nitrogens with zero attached hydrogens (tertiary/aromatic N) is 5. The van der Waals surface area contributed by atoms with Crippen LogP contribution in [0, 0.1) is 0 Å². The second kappa shape index (κ2) is 11.4. The Labute approximate surface area is 302 Å². The molecule has 242 valence electrons. The minimum absolute atomic E-state index is 0.649. The van der Waals surface area contributed by atoms with Crippen LogP contribution in [0.3, 0.4) is 0 Å². The maximum Gasteiger partial charge on any atom is 0.164 e. The highest BCUT2D eigenvalue weighted by Gasteiger charge is 2.19. The molecule has 0 atom stereocenters. The van der Waals surface area contributed by atoms with Crippen molar-refractivity contribution in [2.24, 2.45) is 0 Å². The van der Waals surface area contributed by atoms with E-state index in [1.165, 1.54) is 25.6 Å². The number of aromatic nitrogens is 5. The molecule has 0 aliphatic rings. The van der Waals surface area contributed by atoms with E-state index in [1.54, 1.807) is 11.3 Å². The van der Waals surface area contributed by atoms with Crippen LogP contribution in [0.1, 0.15) is 0 Å².